The van der Waals surface area contributed by atoms with Gasteiger partial charge in [-0.3, -0.25) is 20.0 Å². The first kappa shape index (κ1) is 14.5. The molecule has 10 heteroatoms. The minimum absolute atomic E-state index is 0.0811. The van der Waals surface area contributed by atoms with E-state index in [1.54, 1.807) is 0 Å². The van der Waals surface area contributed by atoms with Crippen molar-refractivity contribution in [1.29, 1.82) is 0 Å². The Kier molecular flexibility index (Phi) is 4.16. The molecular weight excluding hydrogens is 288 g/mol. The van der Waals surface area contributed by atoms with Crippen molar-refractivity contribution < 1.29 is 18.5 Å². The number of aromatic amines is 1. The maximum absolute atomic E-state index is 13.8. The number of rotatable bonds is 5. The summed E-state index contributed by atoms with van der Waals surface area (Å²) < 4.78 is 27.0. The number of amides is 1. The third kappa shape index (κ3) is 3.35. The lowest BCUT2D eigenvalue weighted by Crippen LogP contribution is -2.27. The molecule has 1 amide bonds. The van der Waals surface area contributed by atoms with E-state index in [4.69, 9.17) is 0 Å². The van der Waals surface area contributed by atoms with Crippen LogP contribution in [0.4, 0.5) is 14.5 Å². The molecule has 0 spiro atoms. The Morgan fingerprint density at radius 3 is 2.81 bits per heavy atom. The third-order valence-electron chi connectivity index (χ3n) is 2.57. The van der Waals surface area contributed by atoms with Crippen LogP contribution in [-0.2, 0) is 6.42 Å². The van der Waals surface area contributed by atoms with E-state index in [0.29, 0.717) is 24.4 Å². The topological polar surface area (TPSA) is 114 Å². The molecule has 0 atom stereocenters. The number of hydrogen-bond acceptors (Lipinski definition) is 5. The molecule has 1 heterocycles. The minimum Gasteiger partial charge on any atom is -0.351 e. The highest BCUT2D eigenvalue weighted by atomic mass is 19.1. The number of nitrogens with one attached hydrogen (secondary N) is 2. The third-order valence-corrected chi connectivity index (χ3v) is 2.57. The summed E-state index contributed by atoms with van der Waals surface area (Å²) >= 11 is 0. The molecule has 2 rings (SSSR count). The maximum Gasteiger partial charge on any atom is 0.308 e. The lowest BCUT2D eigenvalue weighted by atomic mass is 10.1. The van der Waals surface area contributed by atoms with Gasteiger partial charge < -0.3 is 5.32 Å². The Morgan fingerprint density at radius 1 is 1.43 bits per heavy atom. The van der Waals surface area contributed by atoms with Gasteiger partial charge in [0.15, 0.2) is 0 Å². The number of hydrogen-bond donors (Lipinski definition) is 2. The molecule has 0 saturated carbocycles. The summed E-state index contributed by atoms with van der Waals surface area (Å²) in [6.45, 7) is 0.0811. The van der Waals surface area contributed by atoms with E-state index < -0.39 is 33.7 Å². The van der Waals surface area contributed by atoms with Crippen LogP contribution in [0.1, 0.15) is 16.2 Å². The van der Waals surface area contributed by atoms with E-state index >= 15 is 0 Å². The zero-order valence-electron chi connectivity index (χ0n) is 10.5. The predicted octanol–water partition coefficient (Wildman–Crippen LogP) is 0.964. The van der Waals surface area contributed by atoms with Crippen molar-refractivity contribution in [3.63, 3.8) is 0 Å². The number of H-pyrrole nitrogens is 1. The molecule has 1 aromatic heterocycles. The fraction of sp³-hybridized carbons (Fsp3) is 0.182. The van der Waals surface area contributed by atoms with Gasteiger partial charge in [0.05, 0.1) is 16.6 Å². The number of nitrogens with zero attached hydrogens (tertiary/aromatic N) is 3. The number of nitro benzene ring substituents is 1. The fourth-order valence-corrected chi connectivity index (χ4v) is 1.61. The number of nitro groups is 1. The summed E-state index contributed by atoms with van der Waals surface area (Å²) in [4.78, 5) is 25.0. The summed E-state index contributed by atoms with van der Waals surface area (Å²) in [5.41, 5.74) is -1.81. The summed E-state index contributed by atoms with van der Waals surface area (Å²) in [7, 11) is 0. The highest BCUT2D eigenvalue weighted by molar-refractivity contribution is 5.95. The molecule has 0 aliphatic carbocycles. The molecule has 0 bridgehead atoms. The number of aromatic nitrogens is 3. The van der Waals surface area contributed by atoms with Crippen molar-refractivity contribution in [3.8, 4) is 0 Å². The van der Waals surface area contributed by atoms with E-state index in [2.05, 4.69) is 20.5 Å². The van der Waals surface area contributed by atoms with Crippen LogP contribution in [0.25, 0.3) is 0 Å². The largest absolute Gasteiger partial charge is 0.351 e. The Labute approximate surface area is 116 Å². The van der Waals surface area contributed by atoms with Gasteiger partial charge in [-0.25, -0.2) is 9.37 Å². The number of benzene rings is 1. The molecule has 110 valence electrons. The standard InChI is InChI=1S/C11H9F2N5O3/c12-6-3-7(10(13)8(4-6)18(20)21)11(19)14-2-1-9-15-5-16-17-9/h3-5H,1-2H2,(H,14,19)(H,15,16,17). The van der Waals surface area contributed by atoms with Gasteiger partial charge in [-0.1, -0.05) is 0 Å². The quantitative estimate of drug-likeness (QED) is 0.630. The molecule has 0 unspecified atom stereocenters. The second kappa shape index (κ2) is 6.03. The zero-order valence-corrected chi connectivity index (χ0v) is 10.5. The van der Waals surface area contributed by atoms with E-state index in [1.807, 2.05) is 0 Å². The van der Waals surface area contributed by atoms with Crippen LogP contribution in [0.15, 0.2) is 18.5 Å². The van der Waals surface area contributed by atoms with Crippen LogP contribution in [0.5, 0.6) is 0 Å². The molecule has 0 aliphatic heterocycles. The average molecular weight is 297 g/mol. The van der Waals surface area contributed by atoms with E-state index in [1.165, 1.54) is 6.33 Å². The molecule has 2 N–H and O–H groups in total. The Hall–Kier alpha value is -2.91. The molecule has 0 radical (unpaired) electrons. The highest BCUT2D eigenvalue weighted by Crippen LogP contribution is 2.22. The van der Waals surface area contributed by atoms with Gasteiger partial charge in [-0.05, 0) is 6.07 Å². The lowest BCUT2D eigenvalue weighted by Gasteiger charge is -2.05. The van der Waals surface area contributed by atoms with Gasteiger partial charge in [0.1, 0.15) is 18.0 Å². The van der Waals surface area contributed by atoms with Crippen LogP contribution < -0.4 is 5.32 Å². The van der Waals surface area contributed by atoms with Crippen molar-refractivity contribution in [3.05, 3.63) is 51.6 Å². The van der Waals surface area contributed by atoms with Crippen LogP contribution in [0, 0.1) is 21.7 Å². The first-order chi connectivity index (χ1) is 9.99. The number of halogens is 2. The van der Waals surface area contributed by atoms with Gasteiger partial charge in [0.2, 0.25) is 5.82 Å². The summed E-state index contributed by atoms with van der Waals surface area (Å²) in [6, 6.07) is 1.02. The molecular formula is C11H9F2N5O3. The van der Waals surface area contributed by atoms with Gasteiger partial charge in [-0.15, -0.1) is 0 Å². The molecule has 21 heavy (non-hydrogen) atoms. The van der Waals surface area contributed by atoms with E-state index in [0.717, 1.165) is 0 Å². The lowest BCUT2D eigenvalue weighted by molar-refractivity contribution is -0.387. The van der Waals surface area contributed by atoms with E-state index in [9.17, 15) is 23.7 Å². The smallest absolute Gasteiger partial charge is 0.308 e. The van der Waals surface area contributed by atoms with E-state index in [-0.39, 0.29) is 6.54 Å². The molecule has 0 fully saturated rings. The second-order valence-electron chi connectivity index (χ2n) is 3.98. The van der Waals surface area contributed by atoms with Crippen LogP contribution in [-0.4, -0.2) is 32.6 Å². The van der Waals surface area contributed by atoms with Crippen molar-refractivity contribution in [1.82, 2.24) is 20.5 Å². The van der Waals surface area contributed by atoms with Crippen molar-refractivity contribution in [2.24, 2.45) is 0 Å². The molecule has 8 nitrogen and oxygen atoms in total. The van der Waals surface area contributed by atoms with Crippen LogP contribution >= 0.6 is 0 Å². The number of carbonyl (C=O) groups is 1. The predicted molar refractivity (Wildman–Crippen MR) is 65.4 cm³/mol. The second-order valence-corrected chi connectivity index (χ2v) is 3.98. The van der Waals surface area contributed by atoms with Gasteiger partial charge in [0, 0.05) is 13.0 Å². The minimum atomic E-state index is -1.38. The monoisotopic (exact) mass is 297 g/mol. The van der Waals surface area contributed by atoms with Crippen molar-refractivity contribution >= 4 is 11.6 Å². The Balaban J connectivity index is 2.10. The molecule has 1 aromatic carbocycles. The molecule has 2 aromatic rings. The Morgan fingerprint density at radius 2 is 2.19 bits per heavy atom. The summed E-state index contributed by atoms with van der Waals surface area (Å²) in [5, 5.41) is 19.0. The maximum atomic E-state index is 13.8. The van der Waals surface area contributed by atoms with Crippen LogP contribution in [0.2, 0.25) is 0 Å². The fourth-order valence-electron chi connectivity index (χ4n) is 1.61. The first-order valence-electron chi connectivity index (χ1n) is 5.75. The SMILES string of the molecule is O=C(NCCc1ncn[nH]1)c1cc(F)cc([N+](=O)[O-])c1F. The van der Waals surface area contributed by atoms with Crippen molar-refractivity contribution in [2.45, 2.75) is 6.42 Å². The summed E-state index contributed by atoms with van der Waals surface area (Å²) in [5.74, 6) is -2.89. The Bertz CT molecular complexity index is 675. The first-order valence-corrected chi connectivity index (χ1v) is 5.75. The van der Waals surface area contributed by atoms with Gasteiger partial charge in [0.25, 0.3) is 5.91 Å². The summed E-state index contributed by atoms with van der Waals surface area (Å²) in [6.07, 6.45) is 1.58. The highest BCUT2D eigenvalue weighted by Gasteiger charge is 2.24. The van der Waals surface area contributed by atoms with Crippen LogP contribution in [0.3, 0.4) is 0 Å². The van der Waals surface area contributed by atoms with Gasteiger partial charge >= 0.3 is 5.69 Å². The molecule has 0 aliphatic rings. The van der Waals surface area contributed by atoms with Gasteiger partial charge in [-0.2, -0.15) is 9.49 Å². The molecule has 0 saturated heterocycles. The zero-order chi connectivity index (χ0) is 15.4. The number of carbonyl (C=O) groups excluding carboxylic acids is 1. The normalized spacial score (nSPS) is 10.4. The average Bonchev–Trinajstić information content (AvgIpc) is 2.93. The van der Waals surface area contributed by atoms with Crippen molar-refractivity contribution in [2.75, 3.05) is 6.54 Å².